The molecule has 0 aliphatic heterocycles. The zero-order valence-electron chi connectivity index (χ0n) is 18.5. The first kappa shape index (κ1) is 23.5. The standard InChI is InChI=1S/C23H32N4O2S2/c1-5-12-26(22(30)25-20-10-11-20)15-21-13-24-23(27(21)14-17(2)3)31(28,29)16-19-9-7-6-8-18(19)4/h5-9,13,17,20H,1,10-12,14-16H2,2-4H3,(H,25,30). The van der Waals surface area contributed by atoms with Crippen molar-refractivity contribution >= 4 is 27.2 Å². The summed E-state index contributed by atoms with van der Waals surface area (Å²) in [5.74, 6) is 0.205. The van der Waals surface area contributed by atoms with Crippen LogP contribution in [0.3, 0.4) is 0 Å². The fourth-order valence-electron chi connectivity index (χ4n) is 3.43. The van der Waals surface area contributed by atoms with Gasteiger partial charge in [0, 0.05) is 19.1 Å². The summed E-state index contributed by atoms with van der Waals surface area (Å²) in [6.45, 7) is 11.5. The highest BCUT2D eigenvalue weighted by Crippen LogP contribution is 2.23. The van der Waals surface area contributed by atoms with Crippen molar-refractivity contribution in [1.82, 2.24) is 19.8 Å². The molecule has 1 aliphatic rings. The SMILES string of the molecule is C=CCN(Cc1cnc(S(=O)(=O)Cc2ccccc2C)n1CC(C)C)C(=S)NC1CC1. The van der Waals surface area contributed by atoms with Crippen molar-refractivity contribution in [2.45, 2.75) is 63.7 Å². The van der Waals surface area contributed by atoms with Crippen molar-refractivity contribution < 1.29 is 8.42 Å². The number of nitrogens with zero attached hydrogens (tertiary/aromatic N) is 3. The summed E-state index contributed by atoms with van der Waals surface area (Å²) in [4.78, 5) is 6.38. The van der Waals surface area contributed by atoms with E-state index in [1.54, 1.807) is 12.3 Å². The van der Waals surface area contributed by atoms with Crippen LogP contribution in [0.4, 0.5) is 0 Å². The lowest BCUT2D eigenvalue weighted by molar-refractivity contribution is 0.405. The van der Waals surface area contributed by atoms with E-state index in [1.165, 1.54) is 0 Å². The minimum Gasteiger partial charge on any atom is -0.360 e. The van der Waals surface area contributed by atoms with E-state index in [1.807, 2.05) is 40.7 Å². The Balaban J connectivity index is 1.90. The van der Waals surface area contributed by atoms with Crippen molar-refractivity contribution in [3.05, 3.63) is 59.9 Å². The molecular formula is C23H32N4O2S2. The number of imidazole rings is 1. The van der Waals surface area contributed by atoms with Crippen LogP contribution in [0.2, 0.25) is 0 Å². The minimum absolute atomic E-state index is 0.0633. The molecule has 1 N–H and O–H groups in total. The zero-order valence-corrected chi connectivity index (χ0v) is 20.2. The number of aromatic nitrogens is 2. The van der Waals surface area contributed by atoms with Gasteiger partial charge in [0.2, 0.25) is 15.0 Å². The fourth-order valence-corrected chi connectivity index (χ4v) is 5.34. The molecule has 1 aromatic carbocycles. The van der Waals surface area contributed by atoms with Crippen LogP contribution in [0, 0.1) is 12.8 Å². The number of sulfone groups is 1. The summed E-state index contributed by atoms with van der Waals surface area (Å²) < 4.78 is 28.5. The number of aryl methyl sites for hydroxylation is 1. The Kier molecular flexibility index (Phi) is 7.54. The van der Waals surface area contributed by atoms with Crippen LogP contribution in [0.5, 0.6) is 0 Å². The maximum absolute atomic E-state index is 13.3. The second-order valence-corrected chi connectivity index (χ2v) is 10.9. The second kappa shape index (κ2) is 9.96. The molecule has 8 heteroatoms. The van der Waals surface area contributed by atoms with E-state index >= 15 is 0 Å². The van der Waals surface area contributed by atoms with Crippen molar-refractivity contribution in [2.24, 2.45) is 5.92 Å². The quantitative estimate of drug-likeness (QED) is 0.429. The highest BCUT2D eigenvalue weighted by Gasteiger charge is 2.27. The van der Waals surface area contributed by atoms with Gasteiger partial charge in [-0.05, 0) is 49.0 Å². The van der Waals surface area contributed by atoms with Crippen molar-refractivity contribution in [2.75, 3.05) is 6.54 Å². The first-order valence-corrected chi connectivity index (χ1v) is 12.7. The summed E-state index contributed by atoms with van der Waals surface area (Å²) >= 11 is 5.59. The molecule has 3 rings (SSSR count). The number of hydrogen-bond acceptors (Lipinski definition) is 4. The Morgan fingerprint density at radius 2 is 2.10 bits per heavy atom. The smallest absolute Gasteiger partial charge is 0.228 e. The van der Waals surface area contributed by atoms with Gasteiger partial charge < -0.3 is 14.8 Å². The van der Waals surface area contributed by atoms with E-state index in [4.69, 9.17) is 12.2 Å². The molecule has 0 atom stereocenters. The summed E-state index contributed by atoms with van der Waals surface area (Å²) in [6, 6.07) is 8.02. The molecule has 1 aliphatic carbocycles. The molecule has 0 unspecified atom stereocenters. The summed E-state index contributed by atoms with van der Waals surface area (Å²) in [7, 11) is -3.60. The molecule has 31 heavy (non-hydrogen) atoms. The molecule has 0 spiro atoms. The molecule has 0 saturated heterocycles. The Hall–Kier alpha value is -2.19. The van der Waals surface area contributed by atoms with E-state index in [0.717, 1.165) is 29.7 Å². The Morgan fingerprint density at radius 3 is 2.71 bits per heavy atom. The number of benzene rings is 1. The highest BCUT2D eigenvalue weighted by atomic mass is 32.2. The fraction of sp³-hybridized carbons (Fsp3) is 0.478. The largest absolute Gasteiger partial charge is 0.360 e. The average Bonchev–Trinajstić information content (AvgIpc) is 3.42. The maximum Gasteiger partial charge on any atom is 0.228 e. The summed E-state index contributed by atoms with van der Waals surface area (Å²) in [5, 5.41) is 4.15. The van der Waals surface area contributed by atoms with E-state index in [9.17, 15) is 8.42 Å². The Labute approximate surface area is 191 Å². The third-order valence-corrected chi connectivity index (χ3v) is 7.18. The molecule has 1 saturated carbocycles. The first-order valence-electron chi connectivity index (χ1n) is 10.7. The van der Waals surface area contributed by atoms with Crippen LogP contribution < -0.4 is 5.32 Å². The second-order valence-electron chi connectivity index (χ2n) is 8.62. The van der Waals surface area contributed by atoms with Crippen LogP contribution in [-0.4, -0.2) is 40.6 Å². The summed E-state index contributed by atoms with van der Waals surface area (Å²) in [5.41, 5.74) is 2.59. The molecule has 1 fully saturated rings. The first-order chi connectivity index (χ1) is 14.7. The van der Waals surface area contributed by atoms with Gasteiger partial charge in [-0.15, -0.1) is 6.58 Å². The van der Waals surface area contributed by atoms with Crippen molar-refractivity contribution in [3.8, 4) is 0 Å². The molecule has 6 nitrogen and oxygen atoms in total. The van der Waals surface area contributed by atoms with Crippen molar-refractivity contribution in [1.29, 1.82) is 0 Å². The third kappa shape index (κ3) is 6.17. The summed E-state index contributed by atoms with van der Waals surface area (Å²) in [6.07, 6.45) is 5.74. The highest BCUT2D eigenvalue weighted by molar-refractivity contribution is 7.90. The van der Waals surface area contributed by atoms with E-state index in [2.05, 4.69) is 30.7 Å². The van der Waals surface area contributed by atoms with E-state index in [0.29, 0.717) is 30.8 Å². The van der Waals surface area contributed by atoms with Crippen LogP contribution in [-0.2, 0) is 28.7 Å². The monoisotopic (exact) mass is 460 g/mol. The predicted molar refractivity (Wildman–Crippen MR) is 128 cm³/mol. The van der Waals surface area contributed by atoms with Crippen LogP contribution in [0.15, 0.2) is 48.3 Å². The topological polar surface area (TPSA) is 67.2 Å². The number of thiocarbonyl (C=S) groups is 1. The van der Waals surface area contributed by atoms with Gasteiger partial charge in [0.15, 0.2) is 5.11 Å². The molecule has 2 aromatic rings. The maximum atomic E-state index is 13.3. The Morgan fingerprint density at radius 1 is 1.39 bits per heavy atom. The van der Waals surface area contributed by atoms with Crippen LogP contribution >= 0.6 is 12.2 Å². The number of hydrogen-bond donors (Lipinski definition) is 1. The average molecular weight is 461 g/mol. The van der Waals surface area contributed by atoms with Gasteiger partial charge >= 0.3 is 0 Å². The van der Waals surface area contributed by atoms with Crippen LogP contribution in [0.25, 0.3) is 0 Å². The lowest BCUT2D eigenvalue weighted by atomic mass is 10.1. The number of nitrogens with one attached hydrogen (secondary N) is 1. The minimum atomic E-state index is -3.60. The van der Waals surface area contributed by atoms with Gasteiger partial charge in [0.05, 0.1) is 24.2 Å². The van der Waals surface area contributed by atoms with Gasteiger partial charge in [0.1, 0.15) is 0 Å². The molecule has 0 radical (unpaired) electrons. The van der Waals surface area contributed by atoms with E-state index < -0.39 is 9.84 Å². The van der Waals surface area contributed by atoms with Crippen LogP contribution in [0.1, 0.15) is 43.5 Å². The molecule has 0 bridgehead atoms. The molecule has 1 aromatic heterocycles. The van der Waals surface area contributed by atoms with Gasteiger partial charge in [-0.25, -0.2) is 13.4 Å². The predicted octanol–water partition coefficient (Wildman–Crippen LogP) is 3.85. The molecule has 1 heterocycles. The normalized spacial score (nSPS) is 13.9. The van der Waals surface area contributed by atoms with Gasteiger partial charge in [-0.2, -0.15) is 0 Å². The van der Waals surface area contributed by atoms with Gasteiger partial charge in [-0.1, -0.05) is 44.2 Å². The van der Waals surface area contributed by atoms with Gasteiger partial charge in [0.25, 0.3) is 0 Å². The van der Waals surface area contributed by atoms with Crippen molar-refractivity contribution in [3.63, 3.8) is 0 Å². The number of rotatable bonds is 10. The zero-order chi connectivity index (χ0) is 22.6. The molecule has 0 amide bonds. The Bertz CT molecular complexity index is 1040. The molecule has 168 valence electrons. The lowest BCUT2D eigenvalue weighted by Crippen LogP contribution is -2.40. The third-order valence-electron chi connectivity index (χ3n) is 5.23. The molecular weight excluding hydrogens is 428 g/mol. The lowest BCUT2D eigenvalue weighted by Gasteiger charge is -2.25. The van der Waals surface area contributed by atoms with E-state index in [-0.39, 0.29) is 16.8 Å². The van der Waals surface area contributed by atoms with Gasteiger partial charge in [-0.3, -0.25) is 0 Å².